The molecule has 1 fully saturated rings. The summed E-state index contributed by atoms with van der Waals surface area (Å²) in [4.78, 5) is 0.0107. The predicted molar refractivity (Wildman–Crippen MR) is 61.8 cm³/mol. The zero-order chi connectivity index (χ0) is 12.5. The van der Waals surface area contributed by atoms with Crippen LogP contribution < -0.4 is 0 Å². The maximum atomic E-state index is 13.0. The Morgan fingerprint density at radius 1 is 1.29 bits per heavy atom. The normalized spacial score (nSPS) is 25.8. The van der Waals surface area contributed by atoms with E-state index in [1.807, 2.05) is 0 Å². The van der Waals surface area contributed by atoms with Crippen LogP contribution in [0.15, 0.2) is 29.2 Å². The Morgan fingerprint density at radius 2 is 2.06 bits per heavy atom. The molecule has 2 rings (SSSR count). The summed E-state index contributed by atoms with van der Waals surface area (Å²) in [5.74, 6) is -0.553. The van der Waals surface area contributed by atoms with E-state index in [0.717, 1.165) is 6.07 Å². The van der Waals surface area contributed by atoms with Crippen molar-refractivity contribution in [3.05, 3.63) is 30.1 Å². The van der Waals surface area contributed by atoms with Crippen LogP contribution in [-0.4, -0.2) is 24.9 Å². The van der Waals surface area contributed by atoms with Crippen LogP contribution >= 0.6 is 0 Å². The fourth-order valence-electron chi connectivity index (χ4n) is 2.24. The number of hydrogen-bond donors (Lipinski definition) is 1. The molecule has 0 amide bonds. The second-order valence-corrected chi connectivity index (χ2v) is 6.67. The van der Waals surface area contributed by atoms with Crippen molar-refractivity contribution < 1.29 is 17.9 Å². The number of hydrogen-bond acceptors (Lipinski definition) is 3. The first-order valence-electron chi connectivity index (χ1n) is 5.67. The van der Waals surface area contributed by atoms with Gasteiger partial charge in [0.25, 0.3) is 0 Å². The molecule has 1 aromatic rings. The molecule has 1 aliphatic carbocycles. The fraction of sp³-hybridized carbons (Fsp3) is 0.500. The SMILES string of the molecule is O=S(=O)(c1cccc(F)c1)C1CCCC(O)C1. The minimum atomic E-state index is -3.52. The Bertz CT molecular complexity index is 498. The van der Waals surface area contributed by atoms with Crippen molar-refractivity contribution in [3.63, 3.8) is 0 Å². The smallest absolute Gasteiger partial charge is 0.181 e. The summed E-state index contributed by atoms with van der Waals surface area (Å²) in [7, 11) is -3.52. The summed E-state index contributed by atoms with van der Waals surface area (Å²) < 4.78 is 37.4. The Hall–Kier alpha value is -0.940. The summed E-state index contributed by atoms with van der Waals surface area (Å²) in [5, 5.41) is 8.92. The highest BCUT2D eigenvalue weighted by atomic mass is 32.2. The highest BCUT2D eigenvalue weighted by Crippen LogP contribution is 2.28. The standard InChI is InChI=1S/C12H15FO3S/c13-9-3-1-5-11(7-9)17(15,16)12-6-2-4-10(14)8-12/h1,3,5,7,10,12,14H,2,4,6,8H2. The lowest BCUT2D eigenvalue weighted by atomic mass is 9.97. The average molecular weight is 258 g/mol. The van der Waals surface area contributed by atoms with Gasteiger partial charge in [0.15, 0.2) is 9.84 Å². The maximum absolute atomic E-state index is 13.0. The van der Waals surface area contributed by atoms with Crippen LogP contribution in [0, 0.1) is 5.82 Å². The number of halogens is 1. The number of benzene rings is 1. The van der Waals surface area contributed by atoms with Crippen LogP contribution in [0.3, 0.4) is 0 Å². The molecule has 0 bridgehead atoms. The van der Waals surface area contributed by atoms with Gasteiger partial charge in [-0.2, -0.15) is 0 Å². The highest BCUT2D eigenvalue weighted by Gasteiger charge is 2.32. The summed E-state index contributed by atoms with van der Waals surface area (Å²) in [6.45, 7) is 0. The van der Waals surface area contributed by atoms with Crippen LogP contribution in [-0.2, 0) is 9.84 Å². The third-order valence-corrected chi connectivity index (χ3v) is 5.38. The van der Waals surface area contributed by atoms with Crippen molar-refractivity contribution in [2.24, 2.45) is 0 Å². The minimum Gasteiger partial charge on any atom is -0.393 e. The lowest BCUT2D eigenvalue weighted by Crippen LogP contribution is -2.30. The summed E-state index contributed by atoms with van der Waals surface area (Å²) in [5.41, 5.74) is 0. The zero-order valence-corrected chi connectivity index (χ0v) is 10.2. The van der Waals surface area contributed by atoms with E-state index in [-0.39, 0.29) is 11.3 Å². The highest BCUT2D eigenvalue weighted by molar-refractivity contribution is 7.92. The van der Waals surface area contributed by atoms with Crippen LogP contribution in [0.5, 0.6) is 0 Å². The fourth-order valence-corrected chi connectivity index (χ4v) is 4.12. The summed E-state index contributed by atoms with van der Waals surface area (Å²) >= 11 is 0. The van der Waals surface area contributed by atoms with Gasteiger partial charge in [0, 0.05) is 0 Å². The van der Waals surface area contributed by atoms with Gasteiger partial charge in [-0.1, -0.05) is 6.07 Å². The molecule has 0 radical (unpaired) electrons. The van der Waals surface area contributed by atoms with Gasteiger partial charge >= 0.3 is 0 Å². The number of aliphatic hydroxyl groups excluding tert-OH is 1. The Balaban J connectivity index is 2.29. The Morgan fingerprint density at radius 3 is 2.71 bits per heavy atom. The van der Waals surface area contributed by atoms with Crippen molar-refractivity contribution in [2.45, 2.75) is 41.9 Å². The van der Waals surface area contributed by atoms with Crippen LogP contribution in [0.25, 0.3) is 0 Å². The van der Waals surface area contributed by atoms with Gasteiger partial charge in [-0.05, 0) is 43.9 Å². The Kier molecular flexibility index (Phi) is 3.49. The van der Waals surface area contributed by atoms with Crippen molar-refractivity contribution in [1.29, 1.82) is 0 Å². The molecule has 5 heteroatoms. The van der Waals surface area contributed by atoms with E-state index in [9.17, 15) is 17.9 Å². The zero-order valence-electron chi connectivity index (χ0n) is 9.34. The molecule has 94 valence electrons. The van der Waals surface area contributed by atoms with Gasteiger partial charge in [0.05, 0.1) is 16.2 Å². The van der Waals surface area contributed by atoms with Crippen LogP contribution in [0.4, 0.5) is 4.39 Å². The van der Waals surface area contributed by atoms with E-state index < -0.39 is 27.0 Å². The minimum absolute atomic E-state index is 0.0107. The molecule has 0 aromatic heterocycles. The van der Waals surface area contributed by atoms with Gasteiger partial charge in [-0.3, -0.25) is 0 Å². The molecule has 1 N–H and O–H groups in total. The predicted octanol–water partition coefficient (Wildman–Crippen LogP) is 1.90. The van der Waals surface area contributed by atoms with E-state index in [1.54, 1.807) is 0 Å². The first kappa shape index (κ1) is 12.5. The molecule has 1 aromatic carbocycles. The number of sulfone groups is 1. The molecule has 0 heterocycles. The van der Waals surface area contributed by atoms with Crippen molar-refractivity contribution in [1.82, 2.24) is 0 Å². The lowest BCUT2D eigenvalue weighted by molar-refractivity contribution is 0.131. The van der Waals surface area contributed by atoms with Gasteiger partial charge in [0.2, 0.25) is 0 Å². The number of rotatable bonds is 2. The van der Waals surface area contributed by atoms with Gasteiger partial charge in [-0.25, -0.2) is 12.8 Å². The quantitative estimate of drug-likeness (QED) is 0.881. The van der Waals surface area contributed by atoms with Crippen molar-refractivity contribution in [3.8, 4) is 0 Å². The topological polar surface area (TPSA) is 54.4 Å². The summed E-state index contributed by atoms with van der Waals surface area (Å²) in [6, 6.07) is 5.05. The molecule has 2 unspecified atom stereocenters. The summed E-state index contributed by atoms with van der Waals surface area (Å²) in [6.07, 6.45) is 1.57. The van der Waals surface area contributed by atoms with Gasteiger partial charge < -0.3 is 5.11 Å². The number of aliphatic hydroxyl groups is 1. The van der Waals surface area contributed by atoms with Crippen molar-refractivity contribution >= 4 is 9.84 Å². The lowest BCUT2D eigenvalue weighted by Gasteiger charge is -2.25. The van der Waals surface area contributed by atoms with Crippen molar-refractivity contribution in [2.75, 3.05) is 0 Å². The second kappa shape index (κ2) is 4.74. The monoisotopic (exact) mass is 258 g/mol. The molecular formula is C12H15FO3S. The Labute approximate surface area is 100 Å². The van der Waals surface area contributed by atoms with E-state index in [2.05, 4.69) is 0 Å². The first-order chi connectivity index (χ1) is 8.00. The second-order valence-electron chi connectivity index (χ2n) is 4.44. The van der Waals surface area contributed by atoms with Gasteiger partial charge in [0.1, 0.15) is 5.82 Å². The molecule has 1 aliphatic rings. The van der Waals surface area contributed by atoms with Crippen LogP contribution in [0.1, 0.15) is 25.7 Å². The average Bonchev–Trinajstić information content (AvgIpc) is 2.29. The van der Waals surface area contributed by atoms with E-state index in [4.69, 9.17) is 0 Å². The van der Waals surface area contributed by atoms with E-state index >= 15 is 0 Å². The molecule has 17 heavy (non-hydrogen) atoms. The van der Waals surface area contributed by atoms with Gasteiger partial charge in [-0.15, -0.1) is 0 Å². The third-order valence-electron chi connectivity index (χ3n) is 3.16. The largest absolute Gasteiger partial charge is 0.393 e. The molecule has 0 spiro atoms. The molecular weight excluding hydrogens is 243 g/mol. The maximum Gasteiger partial charge on any atom is 0.181 e. The van der Waals surface area contributed by atoms with Crippen LogP contribution in [0.2, 0.25) is 0 Å². The van der Waals surface area contributed by atoms with E-state index in [1.165, 1.54) is 18.2 Å². The molecule has 2 atom stereocenters. The molecule has 0 saturated heterocycles. The molecule has 1 saturated carbocycles. The first-order valence-corrected chi connectivity index (χ1v) is 7.22. The molecule has 3 nitrogen and oxygen atoms in total. The third kappa shape index (κ3) is 2.66. The van der Waals surface area contributed by atoms with E-state index in [0.29, 0.717) is 19.3 Å². The molecule has 0 aliphatic heterocycles.